The molecular weight excluding hydrogens is 232 g/mol. The molecule has 1 aliphatic rings. The fraction of sp³-hybridized carbons (Fsp3) is 0.929. The number of hydrogen-bond donors (Lipinski definition) is 0. The summed E-state index contributed by atoms with van der Waals surface area (Å²) in [5.74, 6) is -0.235. The minimum Gasteiger partial charge on any atom is -0.464 e. The molecule has 18 heavy (non-hydrogen) atoms. The van der Waals surface area contributed by atoms with Gasteiger partial charge in [-0.05, 0) is 34.1 Å². The number of methoxy groups -OCH3 is 1. The van der Waals surface area contributed by atoms with E-state index in [1.165, 1.54) is 0 Å². The molecule has 1 saturated heterocycles. The SMILES string of the molecule is CCCC1(C(=O)OCC)OC1(C)CC(C)(C)OC. The van der Waals surface area contributed by atoms with Gasteiger partial charge in [0.1, 0.15) is 5.60 Å². The lowest BCUT2D eigenvalue weighted by Crippen LogP contribution is -2.39. The number of carbonyl (C=O) groups excluding carboxylic acids is 1. The zero-order valence-electron chi connectivity index (χ0n) is 12.5. The molecule has 0 aromatic rings. The largest absolute Gasteiger partial charge is 0.464 e. The van der Waals surface area contributed by atoms with E-state index in [-0.39, 0.29) is 11.6 Å². The van der Waals surface area contributed by atoms with E-state index in [1.54, 1.807) is 7.11 Å². The monoisotopic (exact) mass is 258 g/mol. The first-order valence-electron chi connectivity index (χ1n) is 6.69. The van der Waals surface area contributed by atoms with Crippen LogP contribution in [0.2, 0.25) is 0 Å². The number of esters is 1. The van der Waals surface area contributed by atoms with Gasteiger partial charge in [-0.3, -0.25) is 0 Å². The van der Waals surface area contributed by atoms with Crippen molar-refractivity contribution in [3.05, 3.63) is 0 Å². The highest BCUT2D eigenvalue weighted by molar-refractivity contribution is 5.84. The van der Waals surface area contributed by atoms with Crippen molar-refractivity contribution in [3.8, 4) is 0 Å². The van der Waals surface area contributed by atoms with Crippen LogP contribution >= 0.6 is 0 Å². The van der Waals surface area contributed by atoms with Gasteiger partial charge in [0.05, 0.1) is 12.2 Å². The molecule has 0 amide bonds. The lowest BCUT2D eigenvalue weighted by molar-refractivity contribution is -0.149. The van der Waals surface area contributed by atoms with Crippen molar-refractivity contribution in [1.29, 1.82) is 0 Å². The highest BCUT2D eigenvalue weighted by atomic mass is 16.7. The van der Waals surface area contributed by atoms with Crippen LogP contribution in [0.15, 0.2) is 0 Å². The van der Waals surface area contributed by atoms with E-state index in [2.05, 4.69) is 0 Å². The lowest BCUT2D eigenvalue weighted by atomic mass is 9.82. The smallest absolute Gasteiger partial charge is 0.341 e. The summed E-state index contributed by atoms with van der Waals surface area (Å²) in [6.07, 6.45) is 2.26. The van der Waals surface area contributed by atoms with Crippen molar-refractivity contribution in [3.63, 3.8) is 0 Å². The Bertz CT molecular complexity index is 313. The number of carbonyl (C=O) groups is 1. The third-order valence-electron chi connectivity index (χ3n) is 3.73. The Morgan fingerprint density at radius 1 is 1.33 bits per heavy atom. The molecule has 0 aromatic heterocycles. The molecular formula is C14H26O4. The maximum Gasteiger partial charge on any atom is 0.341 e. The number of hydrogen-bond acceptors (Lipinski definition) is 4. The van der Waals surface area contributed by atoms with E-state index in [0.29, 0.717) is 19.4 Å². The van der Waals surface area contributed by atoms with Crippen LogP contribution < -0.4 is 0 Å². The normalized spacial score (nSPS) is 31.2. The second-order valence-corrected chi connectivity index (χ2v) is 5.77. The van der Waals surface area contributed by atoms with Gasteiger partial charge in [0.15, 0.2) is 5.60 Å². The van der Waals surface area contributed by atoms with Gasteiger partial charge in [0.25, 0.3) is 0 Å². The van der Waals surface area contributed by atoms with Gasteiger partial charge < -0.3 is 14.2 Å². The van der Waals surface area contributed by atoms with Crippen LogP contribution in [-0.4, -0.2) is 36.5 Å². The molecule has 0 radical (unpaired) electrons. The maximum atomic E-state index is 12.1. The van der Waals surface area contributed by atoms with Crippen molar-refractivity contribution in [1.82, 2.24) is 0 Å². The third-order valence-corrected chi connectivity index (χ3v) is 3.73. The molecule has 106 valence electrons. The average Bonchev–Trinajstić information content (AvgIpc) is 2.84. The Kier molecular flexibility index (Phi) is 4.44. The minimum atomic E-state index is -0.770. The summed E-state index contributed by atoms with van der Waals surface area (Å²) in [6, 6.07) is 0. The summed E-state index contributed by atoms with van der Waals surface area (Å²) < 4.78 is 16.4. The first-order chi connectivity index (χ1) is 8.27. The Hall–Kier alpha value is -0.610. The fourth-order valence-electron chi connectivity index (χ4n) is 2.70. The Labute approximate surface area is 110 Å². The minimum absolute atomic E-state index is 0.235. The van der Waals surface area contributed by atoms with Crippen LogP contribution in [0.25, 0.3) is 0 Å². The van der Waals surface area contributed by atoms with Gasteiger partial charge in [-0.1, -0.05) is 13.3 Å². The topological polar surface area (TPSA) is 48.1 Å². The number of epoxide rings is 1. The van der Waals surface area contributed by atoms with Crippen LogP contribution in [0.1, 0.15) is 53.9 Å². The van der Waals surface area contributed by atoms with Crippen molar-refractivity contribution in [2.45, 2.75) is 70.7 Å². The molecule has 0 aromatic carbocycles. The predicted octanol–water partition coefficient (Wildman–Crippen LogP) is 2.69. The van der Waals surface area contributed by atoms with Gasteiger partial charge in [-0.2, -0.15) is 0 Å². The van der Waals surface area contributed by atoms with Crippen LogP contribution in [0.5, 0.6) is 0 Å². The van der Waals surface area contributed by atoms with Crippen LogP contribution in [0.4, 0.5) is 0 Å². The summed E-state index contributed by atoms with van der Waals surface area (Å²) in [5, 5.41) is 0. The van der Waals surface area contributed by atoms with Gasteiger partial charge in [-0.15, -0.1) is 0 Å². The van der Waals surface area contributed by atoms with Crippen LogP contribution in [0, 0.1) is 0 Å². The van der Waals surface area contributed by atoms with E-state index >= 15 is 0 Å². The second-order valence-electron chi connectivity index (χ2n) is 5.77. The van der Waals surface area contributed by atoms with Crippen molar-refractivity contribution in [2.24, 2.45) is 0 Å². The van der Waals surface area contributed by atoms with E-state index in [9.17, 15) is 4.79 Å². The standard InChI is InChI=1S/C14H26O4/c1-7-9-14(11(15)17-8-2)13(5,18-14)10-12(3,4)16-6/h7-10H2,1-6H3. The van der Waals surface area contributed by atoms with Crippen molar-refractivity contribution in [2.75, 3.05) is 13.7 Å². The molecule has 4 nitrogen and oxygen atoms in total. The van der Waals surface area contributed by atoms with E-state index in [1.807, 2.05) is 34.6 Å². The average molecular weight is 258 g/mol. The molecule has 2 unspecified atom stereocenters. The van der Waals surface area contributed by atoms with Crippen LogP contribution in [-0.2, 0) is 19.0 Å². The number of rotatable bonds is 7. The first kappa shape index (κ1) is 15.4. The molecule has 1 fully saturated rings. The predicted molar refractivity (Wildman–Crippen MR) is 69.5 cm³/mol. The van der Waals surface area contributed by atoms with Crippen molar-refractivity contribution >= 4 is 5.97 Å². The van der Waals surface area contributed by atoms with E-state index in [0.717, 1.165) is 6.42 Å². The lowest BCUT2D eigenvalue weighted by Gasteiger charge is -2.26. The quantitative estimate of drug-likeness (QED) is 0.520. The molecule has 0 N–H and O–H groups in total. The zero-order valence-corrected chi connectivity index (χ0v) is 12.5. The van der Waals surface area contributed by atoms with Gasteiger partial charge in [-0.25, -0.2) is 4.79 Å². The van der Waals surface area contributed by atoms with E-state index < -0.39 is 11.2 Å². The molecule has 4 heteroatoms. The fourth-order valence-corrected chi connectivity index (χ4v) is 2.70. The maximum absolute atomic E-state index is 12.1. The Balaban J connectivity index is 2.82. The van der Waals surface area contributed by atoms with Gasteiger partial charge in [0, 0.05) is 13.5 Å². The first-order valence-corrected chi connectivity index (χ1v) is 6.69. The molecule has 2 atom stereocenters. The molecule has 0 saturated carbocycles. The second kappa shape index (κ2) is 5.17. The van der Waals surface area contributed by atoms with Crippen molar-refractivity contribution < 1.29 is 19.0 Å². The van der Waals surface area contributed by atoms with Crippen LogP contribution in [0.3, 0.4) is 0 Å². The molecule has 0 spiro atoms. The number of ether oxygens (including phenoxy) is 3. The highest BCUT2D eigenvalue weighted by Crippen LogP contribution is 2.56. The molecule has 0 aliphatic carbocycles. The Morgan fingerprint density at radius 3 is 2.39 bits per heavy atom. The molecule has 1 aliphatic heterocycles. The van der Waals surface area contributed by atoms with Gasteiger partial charge in [0.2, 0.25) is 0 Å². The highest BCUT2D eigenvalue weighted by Gasteiger charge is 2.72. The van der Waals surface area contributed by atoms with E-state index in [4.69, 9.17) is 14.2 Å². The van der Waals surface area contributed by atoms with Gasteiger partial charge >= 0.3 is 5.97 Å². The molecule has 0 bridgehead atoms. The summed E-state index contributed by atoms with van der Waals surface area (Å²) in [6.45, 7) is 10.2. The zero-order chi connectivity index (χ0) is 14.0. The summed E-state index contributed by atoms with van der Waals surface area (Å²) in [5.41, 5.74) is -1.56. The summed E-state index contributed by atoms with van der Waals surface area (Å²) in [7, 11) is 1.68. The molecule has 1 heterocycles. The third kappa shape index (κ3) is 2.69. The Morgan fingerprint density at radius 2 is 1.94 bits per heavy atom. The summed E-state index contributed by atoms with van der Waals surface area (Å²) >= 11 is 0. The molecule has 1 rings (SSSR count). The summed E-state index contributed by atoms with van der Waals surface area (Å²) in [4.78, 5) is 12.1.